The van der Waals surface area contributed by atoms with Crippen molar-refractivity contribution in [3.63, 3.8) is 0 Å². The van der Waals surface area contributed by atoms with Gasteiger partial charge in [-0.2, -0.15) is 13.2 Å². The quantitative estimate of drug-likeness (QED) is 0.670. The summed E-state index contributed by atoms with van der Waals surface area (Å²) in [4.78, 5) is 14.5. The van der Waals surface area contributed by atoms with Crippen molar-refractivity contribution in [3.8, 4) is 5.75 Å². The third-order valence-corrected chi connectivity index (χ3v) is 5.22. The van der Waals surface area contributed by atoms with Crippen LogP contribution in [-0.2, 0) is 6.18 Å². The van der Waals surface area contributed by atoms with E-state index in [4.69, 9.17) is 4.74 Å². The molecule has 162 valence electrons. The van der Waals surface area contributed by atoms with E-state index in [9.17, 15) is 23.1 Å². The number of hydrogen-bond donors (Lipinski definition) is 2. The molecule has 1 aliphatic heterocycles. The van der Waals surface area contributed by atoms with Gasteiger partial charge in [-0.15, -0.1) is 0 Å². The maximum Gasteiger partial charge on any atom is 0.416 e. The maximum atomic E-state index is 12.9. The molecular formula is C22H26F3N2O3+. The van der Waals surface area contributed by atoms with Crippen LogP contribution in [0.15, 0.2) is 48.5 Å². The number of benzene rings is 2. The fourth-order valence-electron chi connectivity index (χ4n) is 3.55. The zero-order valence-corrected chi connectivity index (χ0v) is 16.8. The molecule has 0 aromatic heterocycles. The van der Waals surface area contributed by atoms with Crippen LogP contribution in [0.5, 0.6) is 5.75 Å². The fraction of sp³-hybridized carbons (Fsp3) is 0.409. The highest BCUT2D eigenvalue weighted by Gasteiger charge is 2.31. The van der Waals surface area contributed by atoms with Crippen LogP contribution in [0.25, 0.3) is 0 Å². The first-order chi connectivity index (χ1) is 14.2. The lowest BCUT2D eigenvalue weighted by Crippen LogP contribution is -3.16. The lowest BCUT2D eigenvalue weighted by molar-refractivity contribution is -0.903. The molecule has 8 heteroatoms. The van der Waals surface area contributed by atoms with Gasteiger partial charge in [0, 0.05) is 11.3 Å². The second kappa shape index (κ2) is 9.49. The summed E-state index contributed by atoms with van der Waals surface area (Å²) in [6.07, 6.45) is -5.03. The Kier molecular flexibility index (Phi) is 6.99. The van der Waals surface area contributed by atoms with E-state index in [2.05, 4.69) is 0 Å². The van der Waals surface area contributed by atoms with Crippen LogP contribution >= 0.6 is 0 Å². The summed E-state index contributed by atoms with van der Waals surface area (Å²) in [7, 11) is 0. The lowest BCUT2D eigenvalue weighted by Gasteiger charge is -2.34. The van der Waals surface area contributed by atoms with Crippen LogP contribution in [0, 0.1) is 0 Å². The second-order valence-electron chi connectivity index (χ2n) is 7.54. The molecule has 2 aromatic carbocycles. The van der Waals surface area contributed by atoms with E-state index in [-0.39, 0.29) is 12.4 Å². The van der Waals surface area contributed by atoms with Gasteiger partial charge in [-0.05, 0) is 37.3 Å². The molecule has 30 heavy (non-hydrogen) atoms. The van der Waals surface area contributed by atoms with Gasteiger partial charge < -0.3 is 19.6 Å². The van der Waals surface area contributed by atoms with Gasteiger partial charge in [0.25, 0.3) is 0 Å². The van der Waals surface area contributed by atoms with E-state index in [1.807, 2.05) is 4.90 Å². The molecule has 1 fully saturated rings. The summed E-state index contributed by atoms with van der Waals surface area (Å²) < 4.78 is 44.4. The number of aliphatic hydroxyl groups excluding tert-OH is 1. The number of nitrogens with one attached hydrogen (secondary N) is 1. The van der Waals surface area contributed by atoms with Crippen molar-refractivity contribution in [3.05, 3.63) is 59.7 Å². The molecule has 0 radical (unpaired) electrons. The van der Waals surface area contributed by atoms with Gasteiger partial charge in [-0.25, -0.2) is 0 Å². The van der Waals surface area contributed by atoms with E-state index < -0.39 is 17.8 Å². The third-order valence-electron chi connectivity index (χ3n) is 5.22. The van der Waals surface area contributed by atoms with Gasteiger partial charge in [-0.1, -0.05) is 18.2 Å². The van der Waals surface area contributed by atoms with Crippen molar-refractivity contribution < 1.29 is 32.7 Å². The molecule has 1 saturated heterocycles. The van der Waals surface area contributed by atoms with Crippen molar-refractivity contribution in [2.75, 3.05) is 44.2 Å². The number of rotatable bonds is 7. The van der Waals surface area contributed by atoms with Gasteiger partial charge in [0.2, 0.25) is 0 Å². The number of quaternary nitrogens is 1. The van der Waals surface area contributed by atoms with E-state index >= 15 is 0 Å². The van der Waals surface area contributed by atoms with E-state index in [0.29, 0.717) is 49.7 Å². The molecule has 0 bridgehead atoms. The molecule has 0 spiro atoms. The first-order valence-electron chi connectivity index (χ1n) is 9.90. The smallest absolute Gasteiger partial charge is 0.416 e. The van der Waals surface area contributed by atoms with Crippen LogP contribution in [0.4, 0.5) is 18.9 Å². The molecule has 0 aliphatic carbocycles. The predicted octanol–water partition coefficient (Wildman–Crippen LogP) is 2.05. The summed E-state index contributed by atoms with van der Waals surface area (Å²) >= 11 is 0. The Hall–Kier alpha value is -2.58. The molecule has 1 atom stereocenters. The van der Waals surface area contributed by atoms with Crippen LogP contribution in [0.3, 0.4) is 0 Å². The topological polar surface area (TPSA) is 54.2 Å². The van der Waals surface area contributed by atoms with Crippen molar-refractivity contribution in [1.29, 1.82) is 0 Å². The van der Waals surface area contributed by atoms with E-state index in [1.54, 1.807) is 30.3 Å². The number of piperazine rings is 1. The average molecular weight is 423 g/mol. The monoisotopic (exact) mass is 423 g/mol. The Balaban J connectivity index is 1.46. The van der Waals surface area contributed by atoms with Crippen molar-refractivity contribution >= 4 is 11.5 Å². The standard InChI is InChI=1S/C22H25F3N2O3/c1-16(28)17-4-2-7-21(12-17)30-15-20(29)14-26-8-10-27(11-9-26)19-6-3-5-18(13-19)22(23,24)25/h2-7,12-13,20,29H,8-11,14-15H2,1H3/p+1/t20-/m1/s1. The first-order valence-corrected chi connectivity index (χ1v) is 9.90. The average Bonchev–Trinajstić information content (AvgIpc) is 2.72. The Morgan fingerprint density at radius 3 is 2.53 bits per heavy atom. The Bertz CT molecular complexity index is 865. The minimum absolute atomic E-state index is 0.0518. The number of ether oxygens (including phenoxy) is 1. The highest BCUT2D eigenvalue weighted by molar-refractivity contribution is 5.94. The molecule has 3 rings (SSSR count). The molecule has 0 unspecified atom stereocenters. The number of hydrogen-bond acceptors (Lipinski definition) is 4. The molecule has 2 N–H and O–H groups in total. The van der Waals surface area contributed by atoms with Crippen molar-refractivity contribution in [2.24, 2.45) is 0 Å². The minimum atomic E-state index is -4.35. The molecule has 0 amide bonds. The summed E-state index contributed by atoms with van der Waals surface area (Å²) in [5.41, 5.74) is 0.479. The minimum Gasteiger partial charge on any atom is -0.491 e. The van der Waals surface area contributed by atoms with Gasteiger partial charge >= 0.3 is 6.18 Å². The fourth-order valence-corrected chi connectivity index (χ4v) is 3.55. The number of alkyl halides is 3. The highest BCUT2D eigenvalue weighted by Crippen LogP contribution is 2.31. The number of carbonyl (C=O) groups excluding carboxylic acids is 1. The zero-order chi connectivity index (χ0) is 21.7. The van der Waals surface area contributed by atoms with Crippen molar-refractivity contribution in [2.45, 2.75) is 19.2 Å². The number of Topliss-reactive ketones (excluding diaryl/α,β-unsaturated/α-hetero) is 1. The molecule has 2 aromatic rings. The van der Waals surface area contributed by atoms with Gasteiger partial charge in [0.05, 0.1) is 31.7 Å². The Morgan fingerprint density at radius 2 is 1.87 bits per heavy atom. The van der Waals surface area contributed by atoms with Crippen LogP contribution in [0.2, 0.25) is 0 Å². The molecule has 0 saturated carbocycles. The van der Waals surface area contributed by atoms with E-state index in [0.717, 1.165) is 6.07 Å². The Labute approximate surface area is 173 Å². The molecule has 1 heterocycles. The van der Waals surface area contributed by atoms with Crippen LogP contribution in [-0.4, -0.2) is 56.3 Å². The second-order valence-corrected chi connectivity index (χ2v) is 7.54. The summed E-state index contributed by atoms with van der Waals surface area (Å²) in [5.74, 6) is 0.482. The predicted molar refractivity (Wildman–Crippen MR) is 107 cm³/mol. The van der Waals surface area contributed by atoms with Crippen LogP contribution < -0.4 is 14.5 Å². The maximum absolute atomic E-state index is 12.9. The number of carbonyl (C=O) groups is 1. The van der Waals surface area contributed by atoms with Gasteiger partial charge in [0.1, 0.15) is 25.0 Å². The number of aliphatic hydroxyl groups is 1. The molecule has 1 aliphatic rings. The summed E-state index contributed by atoms with van der Waals surface area (Å²) in [6, 6.07) is 12.2. The van der Waals surface area contributed by atoms with Gasteiger partial charge in [0.15, 0.2) is 5.78 Å². The van der Waals surface area contributed by atoms with Gasteiger partial charge in [-0.3, -0.25) is 4.79 Å². The van der Waals surface area contributed by atoms with Crippen molar-refractivity contribution in [1.82, 2.24) is 0 Å². The Morgan fingerprint density at radius 1 is 1.17 bits per heavy atom. The summed E-state index contributed by atoms with van der Waals surface area (Å²) in [6.45, 7) is 4.75. The SMILES string of the molecule is CC(=O)c1cccc(OC[C@H](O)C[NH+]2CCN(c3cccc(C(F)(F)F)c3)CC2)c1. The number of halogens is 3. The number of ketones is 1. The first kappa shape index (κ1) is 22.1. The molecular weight excluding hydrogens is 397 g/mol. The highest BCUT2D eigenvalue weighted by atomic mass is 19.4. The largest absolute Gasteiger partial charge is 0.491 e. The zero-order valence-electron chi connectivity index (χ0n) is 16.8. The normalized spacial score (nSPS) is 16.4. The lowest BCUT2D eigenvalue weighted by atomic mass is 10.1. The van der Waals surface area contributed by atoms with Crippen LogP contribution in [0.1, 0.15) is 22.8 Å². The molecule has 5 nitrogen and oxygen atoms in total. The number of nitrogens with zero attached hydrogens (tertiary/aromatic N) is 1. The third kappa shape index (κ3) is 5.96. The number of anilines is 1. The van der Waals surface area contributed by atoms with E-state index in [1.165, 1.54) is 24.0 Å². The summed E-state index contributed by atoms with van der Waals surface area (Å²) in [5, 5.41) is 10.3.